The van der Waals surface area contributed by atoms with E-state index in [-0.39, 0.29) is 5.69 Å². The minimum atomic E-state index is -0.427. The lowest BCUT2D eigenvalue weighted by atomic mass is 10.2. The zero-order valence-corrected chi connectivity index (χ0v) is 12.1. The molecule has 0 spiro atoms. The van der Waals surface area contributed by atoms with E-state index in [1.807, 2.05) is 10.9 Å². The highest BCUT2D eigenvalue weighted by Crippen LogP contribution is 2.29. The van der Waals surface area contributed by atoms with Crippen LogP contribution in [0.2, 0.25) is 0 Å². The number of methoxy groups -OCH3 is 1. The Morgan fingerprint density at radius 3 is 2.95 bits per heavy atom. The third-order valence-corrected chi connectivity index (χ3v) is 3.02. The van der Waals surface area contributed by atoms with Crippen LogP contribution in [0, 0.1) is 10.1 Å². The smallest absolute Gasteiger partial charge is 0.271 e. The van der Waals surface area contributed by atoms with E-state index in [1.54, 1.807) is 12.3 Å². The molecule has 0 amide bonds. The molecule has 0 fully saturated rings. The van der Waals surface area contributed by atoms with Crippen molar-refractivity contribution in [1.82, 2.24) is 9.78 Å². The fourth-order valence-electron chi connectivity index (χ4n) is 1.99. The maximum absolute atomic E-state index is 10.8. The molecule has 7 nitrogen and oxygen atoms in total. The monoisotopic (exact) mass is 290 g/mol. The molecule has 0 aliphatic rings. The highest BCUT2D eigenvalue weighted by molar-refractivity contribution is 5.61. The Morgan fingerprint density at radius 1 is 1.48 bits per heavy atom. The molecule has 2 aromatic rings. The molecule has 21 heavy (non-hydrogen) atoms. The van der Waals surface area contributed by atoms with Crippen molar-refractivity contribution < 1.29 is 9.66 Å². The van der Waals surface area contributed by atoms with Crippen LogP contribution in [0.1, 0.15) is 18.9 Å². The zero-order valence-electron chi connectivity index (χ0n) is 12.1. The van der Waals surface area contributed by atoms with Crippen molar-refractivity contribution in [2.75, 3.05) is 12.4 Å². The van der Waals surface area contributed by atoms with Crippen LogP contribution in [-0.2, 0) is 13.1 Å². The maximum atomic E-state index is 10.8. The van der Waals surface area contributed by atoms with Gasteiger partial charge in [0.05, 0.1) is 23.9 Å². The highest BCUT2D eigenvalue weighted by Gasteiger charge is 2.11. The molecule has 0 atom stereocenters. The van der Waals surface area contributed by atoms with Gasteiger partial charge in [0.2, 0.25) is 0 Å². The Kier molecular flexibility index (Phi) is 4.76. The van der Waals surface area contributed by atoms with E-state index in [4.69, 9.17) is 4.74 Å². The number of nitrogens with one attached hydrogen (secondary N) is 1. The van der Waals surface area contributed by atoms with Crippen molar-refractivity contribution in [2.24, 2.45) is 0 Å². The van der Waals surface area contributed by atoms with Gasteiger partial charge in [-0.05, 0) is 12.5 Å². The Morgan fingerprint density at radius 2 is 2.29 bits per heavy atom. The third kappa shape index (κ3) is 3.71. The molecular formula is C14H18N4O3. The maximum Gasteiger partial charge on any atom is 0.271 e. The van der Waals surface area contributed by atoms with Crippen molar-refractivity contribution in [1.29, 1.82) is 0 Å². The molecule has 0 saturated heterocycles. The van der Waals surface area contributed by atoms with Crippen molar-refractivity contribution in [3.05, 3.63) is 46.3 Å². The first-order chi connectivity index (χ1) is 10.1. The summed E-state index contributed by atoms with van der Waals surface area (Å²) in [7, 11) is 1.53. The van der Waals surface area contributed by atoms with E-state index in [2.05, 4.69) is 17.3 Å². The Bertz CT molecular complexity index is 624. The van der Waals surface area contributed by atoms with Crippen LogP contribution in [0.25, 0.3) is 0 Å². The number of nitrogens with zero attached hydrogens (tertiary/aromatic N) is 3. The molecule has 0 saturated carbocycles. The molecule has 112 valence electrons. The molecule has 1 aromatic heterocycles. The van der Waals surface area contributed by atoms with Gasteiger partial charge < -0.3 is 10.1 Å². The van der Waals surface area contributed by atoms with Crippen LogP contribution >= 0.6 is 0 Å². The summed E-state index contributed by atoms with van der Waals surface area (Å²) in [6.45, 7) is 3.49. The van der Waals surface area contributed by atoms with E-state index < -0.39 is 4.92 Å². The van der Waals surface area contributed by atoms with Gasteiger partial charge >= 0.3 is 0 Å². The van der Waals surface area contributed by atoms with Crippen LogP contribution in [0.5, 0.6) is 5.75 Å². The second-order valence-electron chi connectivity index (χ2n) is 4.61. The number of hydrogen-bond acceptors (Lipinski definition) is 5. The summed E-state index contributed by atoms with van der Waals surface area (Å²) < 4.78 is 7.08. The average Bonchev–Trinajstić information content (AvgIpc) is 2.92. The van der Waals surface area contributed by atoms with E-state index in [1.165, 1.54) is 19.2 Å². The summed E-state index contributed by atoms with van der Waals surface area (Å²) in [6, 6.07) is 4.47. The van der Waals surface area contributed by atoms with Crippen LogP contribution in [-0.4, -0.2) is 21.8 Å². The molecule has 1 aromatic carbocycles. The minimum Gasteiger partial charge on any atom is -0.495 e. The summed E-state index contributed by atoms with van der Waals surface area (Å²) in [5.41, 5.74) is 1.63. The molecule has 0 bridgehead atoms. The van der Waals surface area contributed by atoms with Gasteiger partial charge in [0.1, 0.15) is 5.75 Å². The number of rotatable bonds is 7. The van der Waals surface area contributed by atoms with Gasteiger partial charge in [0, 0.05) is 37.0 Å². The van der Waals surface area contributed by atoms with Crippen LogP contribution < -0.4 is 10.1 Å². The van der Waals surface area contributed by atoms with Crippen molar-refractivity contribution >= 4 is 11.4 Å². The normalized spacial score (nSPS) is 10.4. The lowest BCUT2D eigenvalue weighted by Crippen LogP contribution is -2.02. The van der Waals surface area contributed by atoms with Crippen molar-refractivity contribution in [3.63, 3.8) is 0 Å². The van der Waals surface area contributed by atoms with Gasteiger partial charge in [-0.25, -0.2) is 0 Å². The molecule has 1 heterocycles. The molecule has 0 radical (unpaired) electrons. The molecule has 0 unspecified atom stereocenters. The Hall–Kier alpha value is -2.57. The van der Waals surface area contributed by atoms with E-state index in [0.29, 0.717) is 18.0 Å². The van der Waals surface area contributed by atoms with Gasteiger partial charge in [0.15, 0.2) is 0 Å². The van der Waals surface area contributed by atoms with Gasteiger partial charge in [-0.3, -0.25) is 14.8 Å². The predicted molar refractivity (Wildman–Crippen MR) is 79.5 cm³/mol. The SMILES string of the molecule is CCCn1cc(CNc2cc([N+](=O)[O-])ccc2OC)cn1. The molecule has 0 aliphatic carbocycles. The minimum absolute atomic E-state index is 0.0278. The standard InChI is InChI=1S/C14H18N4O3/c1-3-6-17-10-11(9-16-17)8-15-13-7-12(18(19)20)4-5-14(13)21-2/h4-5,7,9-10,15H,3,6,8H2,1-2H3. The number of non-ortho nitro benzene ring substituents is 1. The summed E-state index contributed by atoms with van der Waals surface area (Å²) in [5, 5.41) is 18.2. The van der Waals surface area contributed by atoms with Gasteiger partial charge in [-0.15, -0.1) is 0 Å². The third-order valence-electron chi connectivity index (χ3n) is 3.02. The van der Waals surface area contributed by atoms with E-state index in [0.717, 1.165) is 18.5 Å². The quantitative estimate of drug-likeness (QED) is 0.626. The number of nitro benzene ring substituents is 1. The first-order valence-electron chi connectivity index (χ1n) is 6.71. The fourth-order valence-corrected chi connectivity index (χ4v) is 1.99. The number of aromatic nitrogens is 2. The lowest BCUT2D eigenvalue weighted by molar-refractivity contribution is -0.384. The number of anilines is 1. The molecule has 1 N–H and O–H groups in total. The molecular weight excluding hydrogens is 272 g/mol. The number of aryl methyl sites for hydroxylation is 1. The Balaban J connectivity index is 2.10. The first kappa shape index (κ1) is 14.8. The lowest BCUT2D eigenvalue weighted by Gasteiger charge is -2.10. The largest absolute Gasteiger partial charge is 0.495 e. The predicted octanol–water partition coefficient (Wildman–Crippen LogP) is 2.82. The number of ether oxygens (including phenoxy) is 1. The van der Waals surface area contributed by atoms with E-state index in [9.17, 15) is 10.1 Å². The number of benzene rings is 1. The average molecular weight is 290 g/mol. The van der Waals surface area contributed by atoms with Gasteiger partial charge in [-0.1, -0.05) is 6.92 Å². The molecule has 7 heteroatoms. The van der Waals surface area contributed by atoms with Gasteiger partial charge in [-0.2, -0.15) is 5.10 Å². The van der Waals surface area contributed by atoms with Gasteiger partial charge in [0.25, 0.3) is 5.69 Å². The highest BCUT2D eigenvalue weighted by atomic mass is 16.6. The molecule has 0 aliphatic heterocycles. The van der Waals surface area contributed by atoms with Crippen molar-refractivity contribution in [2.45, 2.75) is 26.4 Å². The Labute approximate surface area is 122 Å². The van der Waals surface area contributed by atoms with Crippen LogP contribution in [0.3, 0.4) is 0 Å². The first-order valence-corrected chi connectivity index (χ1v) is 6.71. The number of hydrogen-bond donors (Lipinski definition) is 1. The molecule has 2 rings (SSSR count). The second kappa shape index (κ2) is 6.74. The zero-order chi connectivity index (χ0) is 15.2. The second-order valence-corrected chi connectivity index (χ2v) is 4.61. The van der Waals surface area contributed by atoms with Crippen molar-refractivity contribution in [3.8, 4) is 5.75 Å². The number of nitro groups is 1. The summed E-state index contributed by atoms with van der Waals surface area (Å²) in [4.78, 5) is 10.4. The van der Waals surface area contributed by atoms with Crippen LogP contribution in [0.4, 0.5) is 11.4 Å². The topological polar surface area (TPSA) is 82.2 Å². The van der Waals surface area contributed by atoms with E-state index >= 15 is 0 Å². The van der Waals surface area contributed by atoms with Crippen LogP contribution in [0.15, 0.2) is 30.6 Å². The summed E-state index contributed by atoms with van der Waals surface area (Å²) >= 11 is 0. The fraction of sp³-hybridized carbons (Fsp3) is 0.357. The summed E-state index contributed by atoms with van der Waals surface area (Å²) in [5.74, 6) is 0.571. The summed E-state index contributed by atoms with van der Waals surface area (Å²) in [6.07, 6.45) is 4.76.